The van der Waals surface area contributed by atoms with Gasteiger partial charge in [0.1, 0.15) is 0 Å². The molecule has 4 nitrogen and oxygen atoms in total. The minimum absolute atomic E-state index is 0.544. The maximum Gasteiger partial charge on any atom is 0.187 e. The Hall–Kier alpha value is -5.18. The summed E-state index contributed by atoms with van der Waals surface area (Å²) < 4.78 is 2.41. The highest BCUT2D eigenvalue weighted by Crippen LogP contribution is 2.42. The monoisotopic (exact) mass is 516 g/mol. The predicted molar refractivity (Wildman–Crippen MR) is 161 cm³/mol. The van der Waals surface area contributed by atoms with Crippen LogP contribution in [0, 0.1) is 6.57 Å². The van der Waals surface area contributed by atoms with E-state index in [0.29, 0.717) is 23.2 Å². The molecule has 0 aliphatic rings. The van der Waals surface area contributed by atoms with Gasteiger partial charge < -0.3 is 0 Å². The van der Waals surface area contributed by atoms with Crippen LogP contribution in [0.1, 0.15) is 0 Å². The molecule has 0 saturated heterocycles. The van der Waals surface area contributed by atoms with Crippen molar-refractivity contribution in [3.05, 3.63) is 133 Å². The molecule has 0 aliphatic carbocycles. The van der Waals surface area contributed by atoms with Crippen LogP contribution in [0.2, 0.25) is 0 Å². The van der Waals surface area contributed by atoms with E-state index in [2.05, 4.69) is 65.5 Å². The molecule has 0 spiro atoms. The average molecular weight is 517 g/mol. The number of hydrogen-bond donors (Lipinski definition) is 0. The lowest BCUT2D eigenvalue weighted by Crippen LogP contribution is -2.00. The number of aromatic nitrogens is 3. The van der Waals surface area contributed by atoms with Gasteiger partial charge in [-0.15, -0.1) is 11.3 Å². The molecular formula is C34H20N4S. The van der Waals surface area contributed by atoms with E-state index in [1.165, 1.54) is 14.8 Å². The Labute approximate surface area is 229 Å². The van der Waals surface area contributed by atoms with Gasteiger partial charge in [-0.2, -0.15) is 0 Å². The van der Waals surface area contributed by atoms with Crippen LogP contribution in [0.25, 0.3) is 70.3 Å². The van der Waals surface area contributed by atoms with E-state index < -0.39 is 0 Å². The molecule has 39 heavy (non-hydrogen) atoms. The van der Waals surface area contributed by atoms with Crippen molar-refractivity contribution in [3.63, 3.8) is 0 Å². The van der Waals surface area contributed by atoms with Crippen LogP contribution in [0.5, 0.6) is 0 Å². The molecule has 7 aromatic rings. The van der Waals surface area contributed by atoms with E-state index in [9.17, 15) is 0 Å². The quantitative estimate of drug-likeness (QED) is 0.219. The van der Waals surface area contributed by atoms with Crippen LogP contribution < -0.4 is 0 Å². The van der Waals surface area contributed by atoms with E-state index in [-0.39, 0.29) is 0 Å². The third-order valence-electron chi connectivity index (χ3n) is 6.73. The third kappa shape index (κ3) is 4.23. The van der Waals surface area contributed by atoms with E-state index in [4.69, 9.17) is 21.5 Å². The normalized spacial score (nSPS) is 11.1. The zero-order valence-corrected chi connectivity index (χ0v) is 21.6. The molecular weight excluding hydrogens is 496 g/mol. The fourth-order valence-electron chi connectivity index (χ4n) is 4.88. The summed E-state index contributed by atoms with van der Waals surface area (Å²) in [4.78, 5) is 18.5. The predicted octanol–water partition coefficient (Wildman–Crippen LogP) is 9.46. The van der Waals surface area contributed by atoms with Crippen molar-refractivity contribution in [2.45, 2.75) is 0 Å². The zero-order chi connectivity index (χ0) is 26.2. The average Bonchev–Trinajstić information content (AvgIpc) is 3.40. The third-order valence-corrected chi connectivity index (χ3v) is 7.85. The maximum absolute atomic E-state index is 7.48. The van der Waals surface area contributed by atoms with Gasteiger partial charge in [-0.25, -0.2) is 19.8 Å². The van der Waals surface area contributed by atoms with Crippen molar-refractivity contribution >= 4 is 37.2 Å². The Morgan fingerprint density at radius 3 is 1.92 bits per heavy atom. The number of nitrogens with zero attached hydrogens (tertiary/aromatic N) is 4. The first kappa shape index (κ1) is 23.0. The number of fused-ring (bicyclic) bond motifs is 3. The molecule has 0 saturated carbocycles. The Kier molecular flexibility index (Phi) is 5.66. The first-order valence-corrected chi connectivity index (χ1v) is 13.4. The Morgan fingerprint density at radius 1 is 0.513 bits per heavy atom. The molecule has 0 radical (unpaired) electrons. The molecule has 2 heterocycles. The standard InChI is InChI=1S/C34H20N4S/c1-35-26-16-10-15-24(19-26)33-36-32(23-13-6-3-7-14-23)37-34(38-33)28-20-25(22-11-4-2-5-12-22)21-30-31(28)27-17-8-9-18-29(27)39-30/h2-21H. The van der Waals surface area contributed by atoms with Crippen LogP contribution in [0.15, 0.2) is 121 Å². The van der Waals surface area contributed by atoms with E-state index >= 15 is 0 Å². The Balaban J connectivity index is 1.55. The smallest absolute Gasteiger partial charge is 0.187 e. The molecule has 5 aromatic carbocycles. The molecule has 0 unspecified atom stereocenters. The van der Waals surface area contributed by atoms with Gasteiger partial charge in [-0.1, -0.05) is 97.1 Å². The van der Waals surface area contributed by atoms with Crippen LogP contribution in [-0.4, -0.2) is 15.0 Å². The molecule has 2 aromatic heterocycles. The first-order valence-electron chi connectivity index (χ1n) is 12.6. The summed E-state index contributed by atoms with van der Waals surface area (Å²) in [6, 6.07) is 40.7. The van der Waals surface area contributed by atoms with Crippen molar-refractivity contribution < 1.29 is 0 Å². The molecule has 0 bridgehead atoms. The molecule has 7 rings (SSSR count). The minimum Gasteiger partial charge on any atom is -0.238 e. The lowest BCUT2D eigenvalue weighted by Gasteiger charge is -2.11. The maximum atomic E-state index is 7.48. The van der Waals surface area contributed by atoms with Gasteiger partial charge in [0.05, 0.1) is 6.57 Å². The molecule has 0 aliphatic heterocycles. The van der Waals surface area contributed by atoms with Crippen LogP contribution in [-0.2, 0) is 0 Å². The lowest BCUT2D eigenvalue weighted by atomic mass is 9.98. The SMILES string of the molecule is [C-]#[N+]c1cccc(-c2nc(-c3ccccc3)nc(-c3cc(-c4ccccc4)cc4sc5ccccc5c34)n2)c1. The van der Waals surface area contributed by atoms with Crippen LogP contribution in [0.3, 0.4) is 0 Å². The number of benzene rings is 5. The summed E-state index contributed by atoms with van der Waals surface area (Å²) in [7, 11) is 0. The number of thiophene rings is 1. The topological polar surface area (TPSA) is 43.0 Å². The summed E-state index contributed by atoms with van der Waals surface area (Å²) in [5, 5.41) is 2.33. The Bertz CT molecular complexity index is 2020. The molecule has 5 heteroatoms. The van der Waals surface area contributed by atoms with Gasteiger partial charge >= 0.3 is 0 Å². The first-order chi connectivity index (χ1) is 19.3. The summed E-state index contributed by atoms with van der Waals surface area (Å²) in [5.41, 5.74) is 5.46. The van der Waals surface area contributed by atoms with Crippen LogP contribution >= 0.6 is 11.3 Å². The lowest BCUT2D eigenvalue weighted by molar-refractivity contribution is 1.08. The number of hydrogen-bond acceptors (Lipinski definition) is 4. The fraction of sp³-hybridized carbons (Fsp3) is 0. The van der Waals surface area contributed by atoms with Crippen molar-refractivity contribution in [1.82, 2.24) is 15.0 Å². The molecule has 182 valence electrons. The summed E-state index contributed by atoms with van der Waals surface area (Å²) in [6.07, 6.45) is 0. The summed E-state index contributed by atoms with van der Waals surface area (Å²) in [6.45, 7) is 7.48. The van der Waals surface area contributed by atoms with Gasteiger partial charge in [-0.3, -0.25) is 0 Å². The fourth-order valence-corrected chi connectivity index (χ4v) is 6.06. The molecule has 0 N–H and O–H groups in total. The highest BCUT2D eigenvalue weighted by atomic mass is 32.1. The second kappa shape index (κ2) is 9.60. The Morgan fingerprint density at radius 2 is 1.15 bits per heavy atom. The van der Waals surface area contributed by atoms with E-state index in [1.807, 2.05) is 54.6 Å². The second-order valence-electron chi connectivity index (χ2n) is 9.20. The van der Waals surface area contributed by atoms with E-state index in [1.54, 1.807) is 17.4 Å². The van der Waals surface area contributed by atoms with Crippen molar-refractivity contribution in [2.75, 3.05) is 0 Å². The molecule has 0 atom stereocenters. The van der Waals surface area contributed by atoms with E-state index in [0.717, 1.165) is 33.2 Å². The highest BCUT2D eigenvalue weighted by molar-refractivity contribution is 7.26. The largest absolute Gasteiger partial charge is 0.238 e. The summed E-state index contributed by atoms with van der Waals surface area (Å²) in [5.74, 6) is 1.75. The number of rotatable bonds is 4. The van der Waals surface area contributed by atoms with Crippen molar-refractivity contribution in [2.24, 2.45) is 0 Å². The van der Waals surface area contributed by atoms with Gasteiger partial charge in [0.25, 0.3) is 0 Å². The van der Waals surface area contributed by atoms with Gasteiger partial charge in [0, 0.05) is 36.9 Å². The van der Waals surface area contributed by atoms with Crippen molar-refractivity contribution in [1.29, 1.82) is 0 Å². The van der Waals surface area contributed by atoms with Gasteiger partial charge in [0.15, 0.2) is 23.2 Å². The van der Waals surface area contributed by atoms with Crippen molar-refractivity contribution in [3.8, 4) is 45.3 Å². The summed E-state index contributed by atoms with van der Waals surface area (Å²) >= 11 is 1.78. The molecule has 0 fully saturated rings. The molecule has 0 amide bonds. The minimum atomic E-state index is 0.544. The van der Waals surface area contributed by atoms with Gasteiger partial charge in [-0.05, 0) is 35.4 Å². The van der Waals surface area contributed by atoms with Gasteiger partial charge in [0.2, 0.25) is 0 Å². The second-order valence-corrected chi connectivity index (χ2v) is 10.3. The zero-order valence-electron chi connectivity index (χ0n) is 20.7. The highest BCUT2D eigenvalue weighted by Gasteiger charge is 2.18. The van der Waals surface area contributed by atoms with Crippen LogP contribution in [0.4, 0.5) is 5.69 Å².